The quantitative estimate of drug-likeness (QED) is 0.858. The number of likely N-dealkylation sites (tertiary alicyclic amines) is 1. The zero-order chi connectivity index (χ0) is 17.1. The van der Waals surface area contributed by atoms with Crippen LogP contribution in [-0.4, -0.2) is 44.8 Å². The molecule has 1 atom stereocenters. The van der Waals surface area contributed by atoms with E-state index in [4.69, 9.17) is 4.74 Å². The van der Waals surface area contributed by atoms with Gasteiger partial charge < -0.3 is 9.64 Å². The molecule has 2 heterocycles. The highest BCUT2D eigenvalue weighted by molar-refractivity contribution is 5.94. The van der Waals surface area contributed by atoms with Crippen LogP contribution in [0, 0.1) is 0 Å². The molecule has 1 saturated heterocycles. The first-order valence-electron chi connectivity index (χ1n) is 9.20. The molecule has 25 heavy (non-hydrogen) atoms. The van der Waals surface area contributed by atoms with Crippen LogP contribution in [0.15, 0.2) is 36.9 Å². The third-order valence-corrected chi connectivity index (χ3v) is 5.18. The lowest BCUT2D eigenvalue weighted by Crippen LogP contribution is -2.40. The number of aromatic nitrogens is 3. The van der Waals surface area contributed by atoms with Crippen LogP contribution in [0.4, 0.5) is 0 Å². The number of amides is 1. The van der Waals surface area contributed by atoms with Crippen molar-refractivity contribution < 1.29 is 9.53 Å². The van der Waals surface area contributed by atoms with Crippen LogP contribution in [0.3, 0.4) is 0 Å². The molecule has 2 aliphatic rings. The van der Waals surface area contributed by atoms with Crippen molar-refractivity contribution in [2.24, 2.45) is 0 Å². The molecule has 6 heteroatoms. The van der Waals surface area contributed by atoms with Gasteiger partial charge in [0, 0.05) is 18.7 Å². The fourth-order valence-electron chi connectivity index (χ4n) is 3.84. The van der Waals surface area contributed by atoms with Crippen LogP contribution < -0.4 is 4.74 Å². The molecule has 1 aliphatic heterocycles. The van der Waals surface area contributed by atoms with E-state index in [1.807, 2.05) is 33.8 Å². The fourth-order valence-corrected chi connectivity index (χ4v) is 3.84. The second-order valence-corrected chi connectivity index (χ2v) is 6.97. The van der Waals surface area contributed by atoms with Gasteiger partial charge in [-0.25, -0.2) is 9.67 Å². The summed E-state index contributed by atoms with van der Waals surface area (Å²) in [5.41, 5.74) is 0.703. The van der Waals surface area contributed by atoms with Gasteiger partial charge in [0.15, 0.2) is 0 Å². The summed E-state index contributed by atoms with van der Waals surface area (Å²) in [7, 11) is 0. The molecular formula is C19H24N4O2. The van der Waals surface area contributed by atoms with Crippen LogP contribution in [0.5, 0.6) is 5.75 Å². The average molecular weight is 340 g/mol. The van der Waals surface area contributed by atoms with Crippen LogP contribution in [-0.2, 0) is 0 Å². The Kier molecular flexibility index (Phi) is 4.68. The van der Waals surface area contributed by atoms with E-state index >= 15 is 0 Å². The van der Waals surface area contributed by atoms with Crippen molar-refractivity contribution in [2.75, 3.05) is 13.1 Å². The molecule has 2 aromatic rings. The highest BCUT2D eigenvalue weighted by Gasteiger charge is 2.26. The summed E-state index contributed by atoms with van der Waals surface area (Å²) in [6, 6.07) is 7.83. The molecular weight excluding hydrogens is 316 g/mol. The SMILES string of the molecule is O=C(c1cccc(OC2CCCC2)c1)N1CCC[C@H](n2cncn2)C1. The number of piperidine rings is 1. The third kappa shape index (κ3) is 3.67. The summed E-state index contributed by atoms with van der Waals surface area (Å²) >= 11 is 0. The lowest BCUT2D eigenvalue weighted by Gasteiger charge is -2.32. The Hall–Kier alpha value is -2.37. The standard InChI is InChI=1S/C19H24N4O2/c24-19(22-10-4-6-16(12-22)23-14-20-13-21-23)15-5-3-9-18(11-15)25-17-7-1-2-8-17/h3,5,9,11,13-14,16-17H,1-2,4,6-8,10,12H2/t16-/m0/s1. The first kappa shape index (κ1) is 16.1. The molecule has 132 valence electrons. The van der Waals surface area contributed by atoms with Gasteiger partial charge in [-0.05, 0) is 56.7 Å². The molecule has 1 amide bonds. The van der Waals surface area contributed by atoms with Gasteiger partial charge in [0.25, 0.3) is 5.91 Å². The van der Waals surface area contributed by atoms with Crippen molar-refractivity contribution in [3.05, 3.63) is 42.5 Å². The number of hydrogen-bond acceptors (Lipinski definition) is 4. The maximum Gasteiger partial charge on any atom is 0.254 e. The summed E-state index contributed by atoms with van der Waals surface area (Å²) in [6.45, 7) is 1.47. The number of carbonyl (C=O) groups excluding carboxylic acids is 1. The minimum Gasteiger partial charge on any atom is -0.490 e. The molecule has 2 fully saturated rings. The topological polar surface area (TPSA) is 60.2 Å². The smallest absolute Gasteiger partial charge is 0.254 e. The van der Waals surface area contributed by atoms with E-state index in [-0.39, 0.29) is 11.9 Å². The molecule has 6 nitrogen and oxygen atoms in total. The average Bonchev–Trinajstić information content (AvgIpc) is 3.35. The highest BCUT2D eigenvalue weighted by atomic mass is 16.5. The van der Waals surface area contributed by atoms with E-state index < -0.39 is 0 Å². The summed E-state index contributed by atoms with van der Waals surface area (Å²) in [5, 5.41) is 4.23. The lowest BCUT2D eigenvalue weighted by molar-refractivity contribution is 0.0672. The summed E-state index contributed by atoms with van der Waals surface area (Å²) < 4.78 is 7.90. The fraction of sp³-hybridized carbons (Fsp3) is 0.526. The zero-order valence-electron chi connectivity index (χ0n) is 14.4. The van der Waals surface area contributed by atoms with Crippen molar-refractivity contribution in [3.63, 3.8) is 0 Å². The molecule has 0 radical (unpaired) electrons. The Bertz CT molecular complexity index is 710. The van der Waals surface area contributed by atoms with Crippen molar-refractivity contribution in [1.82, 2.24) is 19.7 Å². The molecule has 0 bridgehead atoms. The van der Waals surface area contributed by atoms with E-state index in [1.54, 1.807) is 12.7 Å². The van der Waals surface area contributed by atoms with Gasteiger partial charge in [-0.15, -0.1) is 0 Å². The molecule has 1 aliphatic carbocycles. The van der Waals surface area contributed by atoms with E-state index in [0.29, 0.717) is 18.2 Å². The molecule has 4 rings (SSSR count). The van der Waals surface area contributed by atoms with Crippen LogP contribution >= 0.6 is 0 Å². The number of rotatable bonds is 4. The van der Waals surface area contributed by atoms with Gasteiger partial charge in [-0.2, -0.15) is 5.10 Å². The van der Waals surface area contributed by atoms with Crippen molar-refractivity contribution >= 4 is 5.91 Å². The van der Waals surface area contributed by atoms with Gasteiger partial charge in [0.2, 0.25) is 0 Å². The van der Waals surface area contributed by atoms with Crippen molar-refractivity contribution in [3.8, 4) is 5.75 Å². The third-order valence-electron chi connectivity index (χ3n) is 5.18. The Morgan fingerprint density at radius 3 is 2.84 bits per heavy atom. The maximum absolute atomic E-state index is 12.9. The molecule has 0 unspecified atom stereocenters. The summed E-state index contributed by atoms with van der Waals surface area (Å²) in [4.78, 5) is 18.9. The number of carbonyl (C=O) groups is 1. The van der Waals surface area contributed by atoms with E-state index in [9.17, 15) is 4.79 Å². The summed E-state index contributed by atoms with van der Waals surface area (Å²) in [5.74, 6) is 0.879. The Morgan fingerprint density at radius 1 is 1.16 bits per heavy atom. The second-order valence-electron chi connectivity index (χ2n) is 6.97. The number of hydrogen-bond donors (Lipinski definition) is 0. The van der Waals surface area contributed by atoms with Crippen LogP contribution in [0.25, 0.3) is 0 Å². The van der Waals surface area contributed by atoms with Gasteiger partial charge in [0.1, 0.15) is 18.4 Å². The first-order valence-corrected chi connectivity index (χ1v) is 9.20. The number of benzene rings is 1. The van der Waals surface area contributed by atoms with E-state index in [2.05, 4.69) is 10.1 Å². The largest absolute Gasteiger partial charge is 0.490 e. The number of nitrogens with zero attached hydrogens (tertiary/aromatic N) is 4. The number of ether oxygens (including phenoxy) is 1. The predicted molar refractivity (Wildman–Crippen MR) is 93.5 cm³/mol. The lowest BCUT2D eigenvalue weighted by atomic mass is 10.0. The Morgan fingerprint density at radius 2 is 2.04 bits per heavy atom. The molecule has 1 aromatic heterocycles. The molecule has 1 saturated carbocycles. The van der Waals surface area contributed by atoms with Gasteiger partial charge >= 0.3 is 0 Å². The predicted octanol–water partition coefficient (Wildman–Crippen LogP) is 3.08. The Labute approximate surface area is 147 Å². The van der Waals surface area contributed by atoms with E-state index in [0.717, 1.165) is 38.0 Å². The molecule has 0 spiro atoms. The Balaban J connectivity index is 1.44. The maximum atomic E-state index is 12.9. The van der Waals surface area contributed by atoms with Gasteiger partial charge in [-0.1, -0.05) is 6.07 Å². The zero-order valence-corrected chi connectivity index (χ0v) is 14.4. The summed E-state index contributed by atoms with van der Waals surface area (Å²) in [6.07, 6.45) is 10.3. The monoisotopic (exact) mass is 340 g/mol. The van der Waals surface area contributed by atoms with Crippen LogP contribution in [0.2, 0.25) is 0 Å². The van der Waals surface area contributed by atoms with Gasteiger partial charge in [-0.3, -0.25) is 4.79 Å². The van der Waals surface area contributed by atoms with E-state index in [1.165, 1.54) is 12.8 Å². The van der Waals surface area contributed by atoms with Gasteiger partial charge in [0.05, 0.1) is 12.1 Å². The minimum atomic E-state index is 0.0710. The normalized spacial score (nSPS) is 21.4. The minimum absolute atomic E-state index is 0.0710. The van der Waals surface area contributed by atoms with Crippen LogP contribution in [0.1, 0.15) is 54.9 Å². The highest BCUT2D eigenvalue weighted by Crippen LogP contribution is 2.26. The van der Waals surface area contributed by atoms with Crippen molar-refractivity contribution in [1.29, 1.82) is 0 Å². The molecule has 1 aromatic carbocycles. The first-order chi connectivity index (χ1) is 12.3. The second kappa shape index (κ2) is 7.25. The van der Waals surface area contributed by atoms with Crippen molar-refractivity contribution in [2.45, 2.75) is 50.7 Å². The molecule has 0 N–H and O–H groups in total.